The normalized spacial score (nSPS) is 29.0. The van der Waals surface area contributed by atoms with Gasteiger partial charge in [-0.25, -0.2) is 0 Å². The van der Waals surface area contributed by atoms with Crippen LogP contribution >= 0.6 is 27.3 Å². The van der Waals surface area contributed by atoms with Crippen LogP contribution < -0.4 is 0 Å². The fourth-order valence-corrected chi connectivity index (χ4v) is 3.84. The lowest BCUT2D eigenvalue weighted by Gasteiger charge is -2.29. The lowest BCUT2D eigenvalue weighted by Crippen LogP contribution is -2.18. The van der Waals surface area contributed by atoms with Crippen LogP contribution in [0.25, 0.3) is 0 Å². The van der Waals surface area contributed by atoms with Crippen molar-refractivity contribution in [3.8, 4) is 0 Å². The summed E-state index contributed by atoms with van der Waals surface area (Å²) in [6, 6.07) is 2.05. The van der Waals surface area contributed by atoms with Gasteiger partial charge < -0.3 is 5.11 Å². The molecule has 0 amide bonds. The van der Waals surface area contributed by atoms with E-state index in [2.05, 4.69) is 22.9 Å². The average Bonchev–Trinajstić information content (AvgIpc) is 2.65. The molecule has 1 aromatic heterocycles. The van der Waals surface area contributed by atoms with Crippen molar-refractivity contribution in [1.82, 2.24) is 0 Å². The highest BCUT2D eigenvalue weighted by Crippen LogP contribution is 2.39. The number of aliphatic hydroxyl groups is 1. The Kier molecular flexibility index (Phi) is 3.86. The van der Waals surface area contributed by atoms with Crippen molar-refractivity contribution in [2.75, 3.05) is 0 Å². The zero-order chi connectivity index (χ0) is 10.8. The van der Waals surface area contributed by atoms with E-state index in [-0.39, 0.29) is 6.10 Å². The van der Waals surface area contributed by atoms with Crippen LogP contribution in [0.2, 0.25) is 0 Å². The molecule has 1 atom stereocenters. The van der Waals surface area contributed by atoms with Crippen LogP contribution in [0.1, 0.15) is 43.6 Å². The highest BCUT2D eigenvalue weighted by atomic mass is 79.9. The van der Waals surface area contributed by atoms with Gasteiger partial charge in [0.2, 0.25) is 0 Å². The highest BCUT2D eigenvalue weighted by Gasteiger charge is 2.26. The SMILES string of the molecule is CC1CCC(C(O)c2cc(Br)cs2)CC1. The van der Waals surface area contributed by atoms with Crippen molar-refractivity contribution < 1.29 is 5.11 Å². The molecule has 1 nitrogen and oxygen atoms in total. The predicted molar refractivity (Wildman–Crippen MR) is 68.1 cm³/mol. The summed E-state index contributed by atoms with van der Waals surface area (Å²) < 4.78 is 1.09. The molecule has 0 aliphatic heterocycles. The summed E-state index contributed by atoms with van der Waals surface area (Å²) in [7, 11) is 0. The van der Waals surface area contributed by atoms with Crippen LogP contribution in [-0.2, 0) is 0 Å². The molecule has 1 aliphatic carbocycles. The van der Waals surface area contributed by atoms with Crippen molar-refractivity contribution in [2.45, 2.75) is 38.7 Å². The first-order valence-electron chi connectivity index (χ1n) is 5.59. The second-order valence-electron chi connectivity index (χ2n) is 4.63. The number of hydrogen-bond acceptors (Lipinski definition) is 2. The smallest absolute Gasteiger partial charge is 0.0910 e. The van der Waals surface area contributed by atoms with Gasteiger partial charge in [-0.05, 0) is 46.7 Å². The summed E-state index contributed by atoms with van der Waals surface area (Å²) in [5.74, 6) is 1.33. The summed E-state index contributed by atoms with van der Waals surface area (Å²) in [6.45, 7) is 2.31. The van der Waals surface area contributed by atoms with Crippen molar-refractivity contribution in [3.63, 3.8) is 0 Å². The standard InChI is InChI=1S/C12H17BrOS/c1-8-2-4-9(5-3-8)12(14)11-6-10(13)7-15-11/h6-9,12,14H,2-5H2,1H3. The summed E-state index contributed by atoms with van der Waals surface area (Å²) in [5.41, 5.74) is 0. The zero-order valence-electron chi connectivity index (χ0n) is 8.95. The minimum atomic E-state index is -0.242. The molecule has 0 spiro atoms. The van der Waals surface area contributed by atoms with Crippen molar-refractivity contribution in [2.24, 2.45) is 11.8 Å². The monoisotopic (exact) mass is 288 g/mol. The third kappa shape index (κ3) is 2.83. The van der Waals surface area contributed by atoms with Gasteiger partial charge in [0.05, 0.1) is 6.10 Å². The summed E-state index contributed by atoms with van der Waals surface area (Å²) in [4.78, 5) is 1.11. The second-order valence-corrected chi connectivity index (χ2v) is 6.49. The van der Waals surface area contributed by atoms with Gasteiger partial charge in [0, 0.05) is 14.7 Å². The van der Waals surface area contributed by atoms with E-state index in [4.69, 9.17) is 0 Å². The third-order valence-corrected chi connectivity index (χ3v) is 5.15. The van der Waals surface area contributed by atoms with E-state index >= 15 is 0 Å². The van der Waals surface area contributed by atoms with Crippen LogP contribution in [-0.4, -0.2) is 5.11 Å². The van der Waals surface area contributed by atoms with Crippen LogP contribution in [0.4, 0.5) is 0 Å². The number of aliphatic hydroxyl groups excluding tert-OH is 1. The van der Waals surface area contributed by atoms with E-state index in [0.717, 1.165) is 15.3 Å². The Morgan fingerprint density at radius 3 is 2.60 bits per heavy atom. The second kappa shape index (κ2) is 4.98. The summed E-state index contributed by atoms with van der Waals surface area (Å²) in [5, 5.41) is 12.3. The van der Waals surface area contributed by atoms with Crippen molar-refractivity contribution >= 4 is 27.3 Å². The summed E-state index contributed by atoms with van der Waals surface area (Å²) in [6.07, 6.45) is 4.66. The molecule has 1 unspecified atom stereocenters. The maximum atomic E-state index is 10.2. The molecule has 1 aromatic rings. The molecule has 1 heterocycles. The molecule has 1 fully saturated rings. The Labute approximate surface area is 104 Å². The van der Waals surface area contributed by atoms with Crippen LogP contribution in [0, 0.1) is 11.8 Å². The molecule has 0 radical (unpaired) electrons. The first-order valence-corrected chi connectivity index (χ1v) is 7.26. The number of rotatable bonds is 2. The fraction of sp³-hybridized carbons (Fsp3) is 0.667. The number of halogens is 1. The quantitative estimate of drug-likeness (QED) is 0.857. The largest absolute Gasteiger partial charge is 0.387 e. The number of thiophene rings is 1. The molecule has 3 heteroatoms. The molecule has 0 saturated heterocycles. The van der Waals surface area contributed by atoms with E-state index in [9.17, 15) is 5.11 Å². The minimum absolute atomic E-state index is 0.242. The zero-order valence-corrected chi connectivity index (χ0v) is 11.4. The lowest BCUT2D eigenvalue weighted by molar-refractivity contribution is 0.0784. The van der Waals surface area contributed by atoms with Gasteiger partial charge in [0.25, 0.3) is 0 Å². The van der Waals surface area contributed by atoms with Gasteiger partial charge in [0.1, 0.15) is 0 Å². The van der Waals surface area contributed by atoms with Crippen molar-refractivity contribution in [1.29, 1.82) is 0 Å². The van der Waals surface area contributed by atoms with Gasteiger partial charge in [-0.3, -0.25) is 0 Å². The minimum Gasteiger partial charge on any atom is -0.387 e. The molecule has 0 bridgehead atoms. The van der Waals surface area contributed by atoms with Gasteiger partial charge in [-0.2, -0.15) is 0 Å². The third-order valence-electron chi connectivity index (χ3n) is 3.39. The van der Waals surface area contributed by atoms with E-state index in [1.807, 2.05) is 11.4 Å². The van der Waals surface area contributed by atoms with Gasteiger partial charge in [-0.1, -0.05) is 19.8 Å². The van der Waals surface area contributed by atoms with E-state index in [0.29, 0.717) is 5.92 Å². The molecular weight excluding hydrogens is 272 g/mol. The van der Waals surface area contributed by atoms with E-state index < -0.39 is 0 Å². The van der Waals surface area contributed by atoms with Gasteiger partial charge in [0.15, 0.2) is 0 Å². The highest BCUT2D eigenvalue weighted by molar-refractivity contribution is 9.10. The van der Waals surface area contributed by atoms with Crippen LogP contribution in [0.15, 0.2) is 15.9 Å². The molecule has 1 saturated carbocycles. The van der Waals surface area contributed by atoms with Crippen LogP contribution in [0.3, 0.4) is 0 Å². The maximum Gasteiger partial charge on any atom is 0.0910 e. The van der Waals surface area contributed by atoms with Crippen molar-refractivity contribution in [3.05, 3.63) is 20.8 Å². The molecule has 1 aliphatic rings. The first kappa shape index (κ1) is 11.6. The van der Waals surface area contributed by atoms with Gasteiger partial charge >= 0.3 is 0 Å². The topological polar surface area (TPSA) is 20.2 Å². The predicted octanol–water partition coefficient (Wildman–Crippen LogP) is 4.37. The molecule has 84 valence electrons. The average molecular weight is 289 g/mol. The maximum absolute atomic E-state index is 10.2. The molecule has 2 rings (SSSR count). The number of hydrogen-bond donors (Lipinski definition) is 1. The van der Waals surface area contributed by atoms with Gasteiger partial charge in [-0.15, -0.1) is 11.3 Å². The Morgan fingerprint density at radius 2 is 2.07 bits per heavy atom. The van der Waals surface area contributed by atoms with Crippen LogP contribution in [0.5, 0.6) is 0 Å². The molecule has 15 heavy (non-hydrogen) atoms. The Hall–Kier alpha value is 0.140. The molecular formula is C12H17BrOS. The fourth-order valence-electron chi connectivity index (χ4n) is 2.32. The lowest BCUT2D eigenvalue weighted by atomic mass is 9.80. The molecule has 1 N–H and O–H groups in total. The molecule has 0 aromatic carbocycles. The Morgan fingerprint density at radius 1 is 1.40 bits per heavy atom. The Balaban J connectivity index is 1.99. The van der Waals surface area contributed by atoms with E-state index in [1.165, 1.54) is 25.7 Å². The Bertz CT molecular complexity index is 315. The van der Waals surface area contributed by atoms with E-state index in [1.54, 1.807) is 11.3 Å². The summed E-state index contributed by atoms with van der Waals surface area (Å²) >= 11 is 5.09. The first-order chi connectivity index (χ1) is 7.16.